The first-order valence-electron chi connectivity index (χ1n) is 6.97. The minimum Gasteiger partial charge on any atom is -0.375 e. The summed E-state index contributed by atoms with van der Waals surface area (Å²) in [6, 6.07) is 10.3. The number of hydrogen-bond acceptors (Lipinski definition) is 3. The van der Waals surface area contributed by atoms with Crippen LogP contribution in [0.25, 0.3) is 0 Å². The molecule has 1 aromatic carbocycles. The van der Waals surface area contributed by atoms with E-state index in [2.05, 4.69) is 34.7 Å². The lowest BCUT2D eigenvalue weighted by Crippen LogP contribution is -2.35. The lowest BCUT2D eigenvalue weighted by molar-refractivity contribution is -0.120. The van der Waals surface area contributed by atoms with Crippen LogP contribution in [-0.2, 0) is 4.79 Å². The highest BCUT2D eigenvalue weighted by Crippen LogP contribution is 2.10. The van der Waals surface area contributed by atoms with Crippen LogP contribution in [0, 0.1) is 0 Å². The molecule has 106 valence electrons. The van der Waals surface area contributed by atoms with Gasteiger partial charge in [-0.1, -0.05) is 25.1 Å². The van der Waals surface area contributed by atoms with Crippen LogP contribution in [0.5, 0.6) is 0 Å². The number of nitrogens with zero attached hydrogens (tertiary/aromatic N) is 1. The molecule has 0 unspecified atom stereocenters. The number of nitrogens with one attached hydrogen (secondary N) is 2. The van der Waals surface area contributed by atoms with Gasteiger partial charge < -0.3 is 15.5 Å². The second-order valence-electron chi connectivity index (χ2n) is 4.64. The third-order valence-electron chi connectivity index (χ3n) is 2.90. The van der Waals surface area contributed by atoms with Gasteiger partial charge in [0.25, 0.3) is 0 Å². The fourth-order valence-corrected chi connectivity index (χ4v) is 1.78. The number of para-hydroxylation sites is 1. The fraction of sp³-hybridized carbons (Fsp3) is 0.533. The Balaban J connectivity index is 2.06. The molecule has 19 heavy (non-hydrogen) atoms. The molecule has 4 heteroatoms. The smallest absolute Gasteiger partial charge is 0.233 e. The summed E-state index contributed by atoms with van der Waals surface area (Å²) < 4.78 is 0. The Bertz CT molecular complexity index is 354. The van der Waals surface area contributed by atoms with Gasteiger partial charge in [0.1, 0.15) is 0 Å². The van der Waals surface area contributed by atoms with Crippen LogP contribution in [0.4, 0.5) is 5.69 Å². The second kappa shape index (κ2) is 9.39. The molecule has 0 radical (unpaired) electrons. The van der Waals surface area contributed by atoms with Crippen LogP contribution in [0.3, 0.4) is 0 Å². The normalized spacial score (nSPS) is 10.2. The fourth-order valence-electron chi connectivity index (χ4n) is 1.78. The van der Waals surface area contributed by atoms with E-state index in [1.165, 1.54) is 5.69 Å². The van der Waals surface area contributed by atoms with Crippen LogP contribution >= 0.6 is 0 Å². The molecule has 0 heterocycles. The van der Waals surface area contributed by atoms with E-state index >= 15 is 0 Å². The first-order valence-corrected chi connectivity index (χ1v) is 6.97. The van der Waals surface area contributed by atoms with Crippen molar-refractivity contribution in [2.45, 2.75) is 19.8 Å². The number of benzene rings is 1. The van der Waals surface area contributed by atoms with Gasteiger partial charge in [-0.05, 0) is 31.5 Å². The van der Waals surface area contributed by atoms with Crippen molar-refractivity contribution in [2.24, 2.45) is 0 Å². The molecular weight excluding hydrogens is 238 g/mol. The average Bonchev–Trinajstić information content (AvgIpc) is 2.45. The maximum Gasteiger partial charge on any atom is 0.233 e. The van der Waals surface area contributed by atoms with Crippen molar-refractivity contribution in [3.63, 3.8) is 0 Å². The Labute approximate surface area is 116 Å². The molecule has 0 bridgehead atoms. The Kier molecular flexibility index (Phi) is 7.66. The number of carbonyl (C=O) groups is 1. The summed E-state index contributed by atoms with van der Waals surface area (Å²) in [5, 5.41) is 6.01. The minimum atomic E-state index is 0.0817. The SMILES string of the molecule is CCCNC(=O)CNCCCN(C)c1ccccc1. The third kappa shape index (κ3) is 6.82. The van der Waals surface area contributed by atoms with Crippen LogP contribution in [0.1, 0.15) is 19.8 Å². The molecule has 0 aromatic heterocycles. The first-order chi connectivity index (χ1) is 9.24. The largest absolute Gasteiger partial charge is 0.375 e. The van der Waals surface area contributed by atoms with E-state index in [4.69, 9.17) is 0 Å². The Morgan fingerprint density at radius 2 is 1.95 bits per heavy atom. The van der Waals surface area contributed by atoms with Crippen LogP contribution in [-0.4, -0.2) is 39.1 Å². The summed E-state index contributed by atoms with van der Waals surface area (Å²) in [7, 11) is 2.09. The second-order valence-corrected chi connectivity index (χ2v) is 4.64. The number of hydrogen-bond donors (Lipinski definition) is 2. The van der Waals surface area contributed by atoms with Crippen LogP contribution < -0.4 is 15.5 Å². The van der Waals surface area contributed by atoms with Gasteiger partial charge in [0.05, 0.1) is 6.54 Å². The molecule has 0 aliphatic rings. The Morgan fingerprint density at radius 1 is 1.21 bits per heavy atom. The van der Waals surface area contributed by atoms with Gasteiger partial charge in [-0.2, -0.15) is 0 Å². The van der Waals surface area contributed by atoms with E-state index in [0.29, 0.717) is 6.54 Å². The van der Waals surface area contributed by atoms with Crippen molar-refractivity contribution in [1.29, 1.82) is 0 Å². The van der Waals surface area contributed by atoms with E-state index in [1.54, 1.807) is 0 Å². The number of carbonyl (C=O) groups excluding carboxylic acids is 1. The topological polar surface area (TPSA) is 44.4 Å². The number of amides is 1. The van der Waals surface area contributed by atoms with Gasteiger partial charge in [-0.15, -0.1) is 0 Å². The van der Waals surface area contributed by atoms with Gasteiger partial charge in [-0.25, -0.2) is 0 Å². The minimum absolute atomic E-state index is 0.0817. The zero-order valence-corrected chi connectivity index (χ0v) is 12.0. The molecule has 2 N–H and O–H groups in total. The highest BCUT2D eigenvalue weighted by Gasteiger charge is 2.00. The van der Waals surface area contributed by atoms with E-state index in [1.807, 2.05) is 25.1 Å². The highest BCUT2D eigenvalue weighted by atomic mass is 16.1. The molecule has 0 atom stereocenters. The van der Waals surface area contributed by atoms with Crippen molar-refractivity contribution in [1.82, 2.24) is 10.6 Å². The summed E-state index contributed by atoms with van der Waals surface area (Å²) >= 11 is 0. The van der Waals surface area contributed by atoms with Gasteiger partial charge in [0.2, 0.25) is 5.91 Å². The Morgan fingerprint density at radius 3 is 2.63 bits per heavy atom. The average molecular weight is 263 g/mol. The standard InChI is InChI=1S/C15H25N3O/c1-3-10-17-15(19)13-16-11-7-12-18(2)14-8-5-4-6-9-14/h4-6,8-9,16H,3,7,10-13H2,1-2H3,(H,17,19). The molecule has 0 aliphatic heterocycles. The van der Waals surface area contributed by atoms with Crippen LogP contribution in [0.15, 0.2) is 30.3 Å². The summed E-state index contributed by atoms with van der Waals surface area (Å²) in [6.45, 7) is 5.06. The summed E-state index contributed by atoms with van der Waals surface area (Å²) in [4.78, 5) is 13.6. The third-order valence-corrected chi connectivity index (χ3v) is 2.90. The maximum absolute atomic E-state index is 11.3. The molecule has 1 aromatic rings. The molecule has 4 nitrogen and oxygen atoms in total. The summed E-state index contributed by atoms with van der Waals surface area (Å²) in [5.74, 6) is 0.0817. The van der Waals surface area contributed by atoms with Crippen molar-refractivity contribution in [2.75, 3.05) is 38.1 Å². The lowest BCUT2D eigenvalue weighted by Gasteiger charge is -2.19. The van der Waals surface area contributed by atoms with Crippen LogP contribution in [0.2, 0.25) is 0 Å². The molecular formula is C15H25N3O. The van der Waals surface area contributed by atoms with E-state index in [0.717, 1.165) is 32.5 Å². The highest BCUT2D eigenvalue weighted by molar-refractivity contribution is 5.77. The van der Waals surface area contributed by atoms with Crippen molar-refractivity contribution >= 4 is 11.6 Å². The zero-order chi connectivity index (χ0) is 13.9. The number of anilines is 1. The zero-order valence-electron chi connectivity index (χ0n) is 12.0. The summed E-state index contributed by atoms with van der Waals surface area (Å²) in [5.41, 5.74) is 1.23. The molecule has 0 saturated heterocycles. The van der Waals surface area contributed by atoms with Gasteiger partial charge >= 0.3 is 0 Å². The number of rotatable bonds is 9. The maximum atomic E-state index is 11.3. The van der Waals surface area contributed by atoms with E-state index in [9.17, 15) is 4.79 Å². The molecule has 1 rings (SSSR count). The molecule has 0 spiro atoms. The van der Waals surface area contributed by atoms with Gasteiger partial charge in [-0.3, -0.25) is 4.79 Å². The summed E-state index contributed by atoms with van der Waals surface area (Å²) in [6.07, 6.45) is 2.00. The quantitative estimate of drug-likeness (QED) is 0.666. The van der Waals surface area contributed by atoms with Gasteiger partial charge in [0.15, 0.2) is 0 Å². The van der Waals surface area contributed by atoms with Crippen molar-refractivity contribution < 1.29 is 4.79 Å². The molecule has 1 amide bonds. The predicted octanol–water partition coefficient (Wildman–Crippen LogP) is 1.63. The van der Waals surface area contributed by atoms with E-state index < -0.39 is 0 Å². The Hall–Kier alpha value is -1.55. The van der Waals surface area contributed by atoms with Gasteiger partial charge in [0, 0.05) is 25.8 Å². The van der Waals surface area contributed by atoms with E-state index in [-0.39, 0.29) is 5.91 Å². The lowest BCUT2D eigenvalue weighted by atomic mass is 10.3. The monoisotopic (exact) mass is 263 g/mol. The van der Waals surface area contributed by atoms with Crippen molar-refractivity contribution in [3.8, 4) is 0 Å². The molecule has 0 aliphatic carbocycles. The molecule has 0 saturated carbocycles. The molecule has 0 fully saturated rings. The van der Waals surface area contributed by atoms with Crippen molar-refractivity contribution in [3.05, 3.63) is 30.3 Å². The predicted molar refractivity (Wildman–Crippen MR) is 80.5 cm³/mol. The first kappa shape index (κ1) is 15.5.